The third-order valence-corrected chi connectivity index (χ3v) is 4.31. The zero-order valence-electron chi connectivity index (χ0n) is 11.4. The van der Waals surface area contributed by atoms with Crippen LogP contribution in [0.2, 0.25) is 0 Å². The summed E-state index contributed by atoms with van der Waals surface area (Å²) in [6, 6.07) is -0.921. The third-order valence-electron chi connectivity index (χ3n) is 4.31. The maximum Gasteiger partial charge on any atom is 0.326 e. The zero-order chi connectivity index (χ0) is 13.7. The van der Waals surface area contributed by atoms with Crippen LogP contribution in [0.15, 0.2) is 0 Å². The summed E-state index contributed by atoms with van der Waals surface area (Å²) in [4.78, 5) is 23.5. The van der Waals surface area contributed by atoms with Crippen LogP contribution in [0.25, 0.3) is 0 Å². The number of carboxylic acid groups (broad SMARTS) is 1. The number of hydrogen-bond acceptors (Lipinski definition) is 3. The molecule has 2 atom stereocenters. The minimum absolute atomic E-state index is 0.0961. The summed E-state index contributed by atoms with van der Waals surface area (Å²) in [5, 5.41) is 15.3. The minimum atomic E-state index is -0.893. The van der Waals surface area contributed by atoms with Crippen LogP contribution in [-0.4, -0.2) is 35.6 Å². The first-order valence-electron chi connectivity index (χ1n) is 7.45. The molecule has 1 amide bonds. The number of rotatable bonds is 4. The number of piperidine rings is 1. The molecule has 1 heterocycles. The molecule has 1 saturated heterocycles. The van der Waals surface area contributed by atoms with Gasteiger partial charge < -0.3 is 15.7 Å². The highest BCUT2D eigenvalue weighted by molar-refractivity contribution is 5.87. The zero-order valence-corrected chi connectivity index (χ0v) is 11.4. The van der Waals surface area contributed by atoms with Crippen molar-refractivity contribution in [1.29, 1.82) is 0 Å². The molecule has 2 aliphatic rings. The summed E-state index contributed by atoms with van der Waals surface area (Å²) >= 11 is 0. The van der Waals surface area contributed by atoms with Crippen molar-refractivity contribution < 1.29 is 14.7 Å². The van der Waals surface area contributed by atoms with Gasteiger partial charge in [-0.3, -0.25) is 4.79 Å². The van der Waals surface area contributed by atoms with Crippen LogP contribution in [0.4, 0.5) is 0 Å². The average molecular weight is 268 g/mol. The fraction of sp³-hybridized carbons (Fsp3) is 0.857. The smallest absolute Gasteiger partial charge is 0.326 e. The molecule has 2 rings (SSSR count). The molecule has 1 aliphatic heterocycles. The van der Waals surface area contributed by atoms with Crippen LogP contribution >= 0.6 is 0 Å². The van der Waals surface area contributed by atoms with Gasteiger partial charge in [0, 0.05) is 0 Å². The van der Waals surface area contributed by atoms with Crippen molar-refractivity contribution in [3.63, 3.8) is 0 Å². The number of amides is 1. The van der Waals surface area contributed by atoms with Gasteiger partial charge >= 0.3 is 5.97 Å². The molecule has 2 fully saturated rings. The third kappa shape index (κ3) is 3.93. The average Bonchev–Trinajstić information content (AvgIpc) is 2.46. The molecule has 108 valence electrons. The highest BCUT2D eigenvalue weighted by atomic mass is 16.4. The topological polar surface area (TPSA) is 78.4 Å². The van der Waals surface area contributed by atoms with E-state index >= 15 is 0 Å². The summed E-state index contributed by atoms with van der Waals surface area (Å²) in [5.74, 6) is -0.937. The van der Waals surface area contributed by atoms with Gasteiger partial charge in [0.25, 0.3) is 0 Å². The second-order valence-corrected chi connectivity index (χ2v) is 5.73. The molecule has 2 unspecified atom stereocenters. The molecule has 5 nitrogen and oxygen atoms in total. The van der Waals surface area contributed by atoms with Crippen molar-refractivity contribution in [3.8, 4) is 0 Å². The summed E-state index contributed by atoms with van der Waals surface area (Å²) in [5.41, 5.74) is 0. The lowest BCUT2D eigenvalue weighted by molar-refractivity contribution is -0.144. The van der Waals surface area contributed by atoms with E-state index in [1.165, 1.54) is 6.42 Å². The van der Waals surface area contributed by atoms with Crippen molar-refractivity contribution in [2.45, 2.75) is 63.5 Å². The molecule has 1 aliphatic carbocycles. The van der Waals surface area contributed by atoms with Gasteiger partial charge in [0.1, 0.15) is 6.04 Å². The lowest BCUT2D eigenvalue weighted by atomic mass is 9.83. The summed E-state index contributed by atoms with van der Waals surface area (Å²) < 4.78 is 0. The number of carbonyl (C=O) groups excluding carboxylic acids is 1. The van der Waals surface area contributed by atoms with Crippen LogP contribution in [-0.2, 0) is 9.59 Å². The van der Waals surface area contributed by atoms with Crippen molar-refractivity contribution in [2.24, 2.45) is 5.92 Å². The Labute approximate surface area is 114 Å². The van der Waals surface area contributed by atoms with Crippen LogP contribution in [0.1, 0.15) is 51.4 Å². The van der Waals surface area contributed by atoms with E-state index in [1.807, 2.05) is 0 Å². The minimum Gasteiger partial charge on any atom is -0.480 e. The molecular weight excluding hydrogens is 244 g/mol. The van der Waals surface area contributed by atoms with Gasteiger partial charge in [-0.1, -0.05) is 25.7 Å². The Hall–Kier alpha value is -1.10. The molecule has 3 N–H and O–H groups in total. The van der Waals surface area contributed by atoms with E-state index in [9.17, 15) is 14.7 Å². The molecule has 19 heavy (non-hydrogen) atoms. The Morgan fingerprint density at radius 3 is 2.32 bits per heavy atom. The number of carbonyl (C=O) groups is 2. The Morgan fingerprint density at radius 2 is 1.74 bits per heavy atom. The van der Waals surface area contributed by atoms with Crippen LogP contribution < -0.4 is 10.6 Å². The van der Waals surface area contributed by atoms with E-state index in [0.717, 1.165) is 51.5 Å². The van der Waals surface area contributed by atoms with Crippen molar-refractivity contribution in [1.82, 2.24) is 10.6 Å². The molecule has 5 heteroatoms. The van der Waals surface area contributed by atoms with Crippen molar-refractivity contribution in [2.75, 3.05) is 6.54 Å². The molecule has 0 aromatic rings. The molecule has 0 radical (unpaired) electrons. The normalized spacial score (nSPS) is 26.6. The lowest BCUT2D eigenvalue weighted by Gasteiger charge is -2.30. The van der Waals surface area contributed by atoms with Gasteiger partial charge in [-0.15, -0.1) is 0 Å². The van der Waals surface area contributed by atoms with E-state index in [4.69, 9.17) is 0 Å². The highest BCUT2D eigenvalue weighted by Crippen LogP contribution is 2.26. The van der Waals surface area contributed by atoms with E-state index in [0.29, 0.717) is 0 Å². The van der Waals surface area contributed by atoms with E-state index in [1.54, 1.807) is 0 Å². The largest absolute Gasteiger partial charge is 0.480 e. The van der Waals surface area contributed by atoms with Crippen LogP contribution in [0, 0.1) is 5.92 Å². The van der Waals surface area contributed by atoms with Crippen LogP contribution in [0.5, 0.6) is 0 Å². The summed E-state index contributed by atoms with van der Waals surface area (Å²) in [6.07, 6.45) is 8.09. The van der Waals surface area contributed by atoms with Gasteiger partial charge in [-0.05, 0) is 38.1 Å². The summed E-state index contributed by atoms with van der Waals surface area (Å²) in [7, 11) is 0. The molecule has 0 spiro atoms. The van der Waals surface area contributed by atoms with Crippen LogP contribution in [0.3, 0.4) is 0 Å². The number of aliphatic carboxylic acids is 1. The second-order valence-electron chi connectivity index (χ2n) is 5.73. The van der Waals surface area contributed by atoms with E-state index in [-0.39, 0.29) is 17.9 Å². The SMILES string of the molecule is O=C(NC(C(=O)O)C1CCCCC1)C1CCCCN1. The Balaban J connectivity index is 1.91. The first-order chi connectivity index (χ1) is 9.18. The highest BCUT2D eigenvalue weighted by Gasteiger charge is 2.32. The Morgan fingerprint density at radius 1 is 1.05 bits per heavy atom. The predicted molar refractivity (Wildman–Crippen MR) is 71.8 cm³/mol. The molecular formula is C14H24N2O3. The maximum atomic E-state index is 12.1. The first kappa shape index (κ1) is 14.3. The van der Waals surface area contributed by atoms with Gasteiger partial charge in [-0.25, -0.2) is 4.79 Å². The number of hydrogen-bond donors (Lipinski definition) is 3. The van der Waals surface area contributed by atoms with E-state index in [2.05, 4.69) is 10.6 Å². The van der Waals surface area contributed by atoms with Gasteiger partial charge in [0.2, 0.25) is 5.91 Å². The Bertz CT molecular complexity index is 321. The monoisotopic (exact) mass is 268 g/mol. The number of nitrogens with one attached hydrogen (secondary N) is 2. The van der Waals surface area contributed by atoms with E-state index < -0.39 is 12.0 Å². The van der Waals surface area contributed by atoms with Gasteiger partial charge in [0.15, 0.2) is 0 Å². The molecule has 1 saturated carbocycles. The molecule has 0 aromatic heterocycles. The lowest BCUT2D eigenvalue weighted by Crippen LogP contribution is -2.54. The van der Waals surface area contributed by atoms with Crippen molar-refractivity contribution >= 4 is 11.9 Å². The van der Waals surface area contributed by atoms with Gasteiger partial charge in [0.05, 0.1) is 6.04 Å². The maximum absolute atomic E-state index is 12.1. The summed E-state index contributed by atoms with van der Waals surface area (Å²) in [6.45, 7) is 0.846. The standard InChI is InChI=1S/C14H24N2O3/c17-13(11-8-4-5-9-15-11)16-12(14(18)19)10-6-2-1-3-7-10/h10-12,15H,1-9H2,(H,16,17)(H,18,19). The quantitative estimate of drug-likeness (QED) is 0.717. The first-order valence-corrected chi connectivity index (χ1v) is 7.45. The molecule has 0 bridgehead atoms. The molecule has 0 aromatic carbocycles. The van der Waals surface area contributed by atoms with Gasteiger partial charge in [-0.2, -0.15) is 0 Å². The fourth-order valence-corrected chi connectivity index (χ4v) is 3.18. The Kier molecular flexibility index (Phi) is 5.19. The predicted octanol–water partition coefficient (Wildman–Crippen LogP) is 1.28. The van der Waals surface area contributed by atoms with Crippen molar-refractivity contribution in [3.05, 3.63) is 0 Å². The second kappa shape index (κ2) is 6.89. The number of carboxylic acids is 1. The fourth-order valence-electron chi connectivity index (χ4n) is 3.18.